The number of nitrogens with zero attached hydrogens (tertiary/aromatic N) is 1. The summed E-state index contributed by atoms with van der Waals surface area (Å²) in [6, 6.07) is 9.29. The number of hydrogen-bond acceptors (Lipinski definition) is 5. The molecular weight excluding hydrogens is 362 g/mol. The Morgan fingerprint density at radius 2 is 2.17 bits per heavy atom. The van der Waals surface area contributed by atoms with Gasteiger partial charge in [0.05, 0.1) is 19.4 Å². The first-order valence-electron chi connectivity index (χ1n) is 7.05. The predicted octanol–water partition coefficient (Wildman–Crippen LogP) is 3.31. The van der Waals surface area contributed by atoms with E-state index < -0.39 is 0 Å². The molecule has 3 heterocycles. The molecule has 0 fully saturated rings. The van der Waals surface area contributed by atoms with Gasteiger partial charge in [-0.25, -0.2) is 4.98 Å². The van der Waals surface area contributed by atoms with E-state index in [1.54, 1.807) is 6.26 Å². The Hall–Kier alpha value is -2.38. The minimum atomic E-state index is -0.280. The van der Waals surface area contributed by atoms with Gasteiger partial charge in [0.25, 0.3) is 5.56 Å². The van der Waals surface area contributed by atoms with Crippen LogP contribution in [-0.2, 0) is 13.1 Å². The predicted molar refractivity (Wildman–Crippen MR) is 89.1 cm³/mol. The minimum absolute atomic E-state index is 0.243. The Bertz CT molecular complexity index is 1030. The van der Waals surface area contributed by atoms with Gasteiger partial charge in [-0.1, -0.05) is 15.9 Å². The van der Waals surface area contributed by atoms with Crippen LogP contribution in [0.25, 0.3) is 22.1 Å². The van der Waals surface area contributed by atoms with Crippen molar-refractivity contribution in [2.75, 3.05) is 0 Å². The molecule has 0 bridgehead atoms. The molecular formula is C16H12BrN3O3. The minimum Gasteiger partial charge on any atom is -0.468 e. The fourth-order valence-corrected chi connectivity index (χ4v) is 2.83. The number of benzene rings is 1. The number of aromatic nitrogens is 2. The van der Waals surface area contributed by atoms with Gasteiger partial charge in [0.15, 0.2) is 0 Å². The second kappa shape index (κ2) is 5.68. The third-order valence-corrected chi connectivity index (χ3v) is 4.00. The molecule has 0 atom stereocenters. The molecule has 116 valence electrons. The lowest BCUT2D eigenvalue weighted by atomic mass is 10.2. The van der Waals surface area contributed by atoms with Crippen LogP contribution in [0.3, 0.4) is 0 Å². The Morgan fingerprint density at radius 1 is 1.26 bits per heavy atom. The number of hydrogen-bond donors (Lipinski definition) is 2. The van der Waals surface area contributed by atoms with E-state index in [4.69, 9.17) is 8.83 Å². The third-order valence-electron chi connectivity index (χ3n) is 3.51. The van der Waals surface area contributed by atoms with Crippen LogP contribution in [0.4, 0.5) is 0 Å². The summed E-state index contributed by atoms with van der Waals surface area (Å²) >= 11 is 3.43. The van der Waals surface area contributed by atoms with Gasteiger partial charge in [-0.3, -0.25) is 4.79 Å². The van der Waals surface area contributed by atoms with E-state index in [9.17, 15) is 4.79 Å². The molecule has 4 aromatic rings. The molecule has 0 spiro atoms. The number of fused-ring (bicyclic) bond motifs is 3. The van der Waals surface area contributed by atoms with E-state index in [0.29, 0.717) is 30.0 Å². The lowest BCUT2D eigenvalue weighted by Gasteiger charge is -2.02. The lowest BCUT2D eigenvalue weighted by molar-refractivity contribution is 0.480. The maximum Gasteiger partial charge on any atom is 0.294 e. The number of aromatic amines is 1. The maximum atomic E-state index is 12.2. The van der Waals surface area contributed by atoms with Gasteiger partial charge in [-0.2, -0.15) is 0 Å². The maximum absolute atomic E-state index is 12.2. The Balaban J connectivity index is 1.69. The average molecular weight is 374 g/mol. The first-order valence-corrected chi connectivity index (χ1v) is 7.84. The Kier molecular flexibility index (Phi) is 3.51. The van der Waals surface area contributed by atoms with Crippen molar-refractivity contribution in [3.8, 4) is 0 Å². The van der Waals surface area contributed by atoms with Gasteiger partial charge in [-0.05, 0) is 30.3 Å². The van der Waals surface area contributed by atoms with Crippen LogP contribution in [0.1, 0.15) is 11.6 Å². The molecule has 0 unspecified atom stereocenters. The highest BCUT2D eigenvalue weighted by atomic mass is 79.9. The largest absolute Gasteiger partial charge is 0.468 e. The molecule has 1 aromatic carbocycles. The summed E-state index contributed by atoms with van der Waals surface area (Å²) in [5.74, 6) is 1.38. The summed E-state index contributed by atoms with van der Waals surface area (Å²) < 4.78 is 11.8. The third kappa shape index (κ3) is 2.69. The molecule has 0 aliphatic rings. The lowest BCUT2D eigenvalue weighted by Crippen LogP contribution is -2.18. The van der Waals surface area contributed by atoms with Gasteiger partial charge in [-0.15, -0.1) is 0 Å². The van der Waals surface area contributed by atoms with E-state index in [1.165, 1.54) is 0 Å². The molecule has 7 heteroatoms. The van der Waals surface area contributed by atoms with Gasteiger partial charge < -0.3 is 19.1 Å². The SMILES string of the molecule is O=c1[nH]c(CNCc2ccco2)nc2c1oc1ccc(Br)cc12. The second-order valence-corrected chi connectivity index (χ2v) is 6.03. The topological polar surface area (TPSA) is 84.1 Å². The van der Waals surface area contributed by atoms with Crippen molar-refractivity contribution >= 4 is 38.0 Å². The summed E-state index contributed by atoms with van der Waals surface area (Å²) in [6.45, 7) is 0.985. The fraction of sp³-hybridized carbons (Fsp3) is 0.125. The Morgan fingerprint density at radius 3 is 3.00 bits per heavy atom. The molecule has 0 radical (unpaired) electrons. The fourth-order valence-electron chi connectivity index (χ4n) is 2.47. The van der Waals surface area contributed by atoms with Crippen LogP contribution >= 0.6 is 15.9 Å². The highest BCUT2D eigenvalue weighted by Crippen LogP contribution is 2.27. The van der Waals surface area contributed by atoms with Gasteiger partial charge in [0.2, 0.25) is 5.58 Å². The van der Waals surface area contributed by atoms with Crippen LogP contribution in [0, 0.1) is 0 Å². The first-order chi connectivity index (χ1) is 11.2. The van der Waals surface area contributed by atoms with E-state index in [0.717, 1.165) is 15.6 Å². The van der Waals surface area contributed by atoms with Gasteiger partial charge >= 0.3 is 0 Å². The zero-order valence-corrected chi connectivity index (χ0v) is 13.5. The molecule has 4 rings (SSSR count). The second-order valence-electron chi connectivity index (χ2n) is 5.12. The van der Waals surface area contributed by atoms with Crippen LogP contribution < -0.4 is 10.9 Å². The number of rotatable bonds is 4. The van der Waals surface area contributed by atoms with E-state index in [-0.39, 0.29) is 11.1 Å². The highest BCUT2D eigenvalue weighted by Gasteiger charge is 2.13. The van der Waals surface area contributed by atoms with Crippen molar-refractivity contribution in [3.63, 3.8) is 0 Å². The summed E-state index contributed by atoms with van der Waals surface area (Å²) in [4.78, 5) is 19.5. The number of furan rings is 2. The quantitative estimate of drug-likeness (QED) is 0.573. The standard InChI is InChI=1S/C16H12BrN3O3/c17-9-3-4-12-11(6-9)14-15(23-12)16(21)20-13(19-14)8-18-7-10-2-1-5-22-10/h1-6,18H,7-8H2,(H,19,20,21). The first kappa shape index (κ1) is 14.2. The van der Waals surface area contributed by atoms with E-state index in [2.05, 4.69) is 31.2 Å². The van der Waals surface area contributed by atoms with E-state index >= 15 is 0 Å². The summed E-state index contributed by atoms with van der Waals surface area (Å²) in [6.07, 6.45) is 1.62. The van der Waals surface area contributed by atoms with Crippen molar-refractivity contribution in [1.82, 2.24) is 15.3 Å². The van der Waals surface area contributed by atoms with Crippen molar-refractivity contribution in [2.24, 2.45) is 0 Å². The van der Waals surface area contributed by atoms with Crippen molar-refractivity contribution in [2.45, 2.75) is 13.1 Å². The molecule has 23 heavy (non-hydrogen) atoms. The zero-order chi connectivity index (χ0) is 15.8. The van der Waals surface area contributed by atoms with Gasteiger partial charge in [0.1, 0.15) is 22.7 Å². The van der Waals surface area contributed by atoms with Crippen molar-refractivity contribution in [1.29, 1.82) is 0 Å². The molecule has 0 aliphatic heterocycles. The smallest absolute Gasteiger partial charge is 0.294 e. The number of H-pyrrole nitrogens is 1. The van der Waals surface area contributed by atoms with E-state index in [1.807, 2.05) is 30.3 Å². The summed E-state index contributed by atoms with van der Waals surface area (Å²) in [5, 5.41) is 3.99. The highest BCUT2D eigenvalue weighted by molar-refractivity contribution is 9.10. The monoisotopic (exact) mass is 373 g/mol. The van der Waals surface area contributed by atoms with Gasteiger partial charge in [0, 0.05) is 9.86 Å². The van der Waals surface area contributed by atoms with Crippen molar-refractivity contribution < 1.29 is 8.83 Å². The molecule has 0 aliphatic carbocycles. The van der Waals surface area contributed by atoms with Crippen LogP contribution in [0.15, 0.2) is 54.7 Å². The molecule has 2 N–H and O–H groups in total. The number of halogens is 1. The summed E-state index contributed by atoms with van der Waals surface area (Å²) in [7, 11) is 0. The molecule has 0 saturated carbocycles. The molecule has 0 saturated heterocycles. The normalized spacial score (nSPS) is 11.5. The van der Waals surface area contributed by atoms with Crippen LogP contribution in [0.2, 0.25) is 0 Å². The van der Waals surface area contributed by atoms with Crippen LogP contribution in [0.5, 0.6) is 0 Å². The molecule has 0 amide bonds. The zero-order valence-electron chi connectivity index (χ0n) is 11.9. The number of nitrogens with one attached hydrogen (secondary N) is 2. The Labute approximate surface area is 138 Å². The summed E-state index contributed by atoms with van der Waals surface area (Å²) in [5.41, 5.74) is 1.17. The molecule has 3 aromatic heterocycles. The average Bonchev–Trinajstić information content (AvgIpc) is 3.16. The van der Waals surface area contributed by atoms with Crippen molar-refractivity contribution in [3.05, 3.63) is 63.0 Å². The van der Waals surface area contributed by atoms with Crippen LogP contribution in [-0.4, -0.2) is 9.97 Å². The molecule has 6 nitrogen and oxygen atoms in total.